The van der Waals surface area contributed by atoms with Crippen LogP contribution in [0.2, 0.25) is 0 Å². The average molecular weight is 428 g/mol. The van der Waals surface area contributed by atoms with Crippen LogP contribution in [0.3, 0.4) is 0 Å². The first-order valence-corrected chi connectivity index (χ1v) is 11.0. The molecule has 0 bridgehead atoms. The number of fused-ring (bicyclic) bond motifs is 1. The maximum Gasteiger partial charge on any atom is 0.290 e. The van der Waals surface area contributed by atoms with Crippen LogP contribution in [-0.4, -0.2) is 39.0 Å². The number of hydrogen-bond donors (Lipinski definition) is 1. The van der Waals surface area contributed by atoms with E-state index in [0.717, 1.165) is 49.4 Å². The molecule has 1 fully saturated rings. The number of pyridine rings is 2. The molecule has 1 saturated heterocycles. The third-order valence-corrected chi connectivity index (χ3v) is 6.05. The number of rotatable bonds is 6. The van der Waals surface area contributed by atoms with Gasteiger partial charge in [0.15, 0.2) is 0 Å². The minimum absolute atomic E-state index is 0.251. The summed E-state index contributed by atoms with van der Waals surface area (Å²) in [6.07, 6.45) is 5.58. The number of nitrogens with zero attached hydrogens (tertiary/aromatic N) is 4. The van der Waals surface area contributed by atoms with Crippen molar-refractivity contribution in [2.45, 2.75) is 31.8 Å². The van der Waals surface area contributed by atoms with Crippen LogP contribution in [0.1, 0.15) is 46.3 Å². The van der Waals surface area contributed by atoms with Crippen molar-refractivity contribution in [1.29, 1.82) is 0 Å². The quantitative estimate of drug-likeness (QED) is 0.502. The van der Waals surface area contributed by atoms with E-state index in [0.29, 0.717) is 12.5 Å². The molecule has 1 aliphatic heterocycles. The number of carbonyl (C=O) groups is 1. The van der Waals surface area contributed by atoms with Gasteiger partial charge in [0.25, 0.3) is 5.91 Å². The highest BCUT2D eigenvalue weighted by atomic mass is 16.5. The second-order valence-electron chi connectivity index (χ2n) is 8.16. The molecule has 0 spiro atoms. The van der Waals surface area contributed by atoms with Gasteiger partial charge in [-0.2, -0.15) is 0 Å². The smallest absolute Gasteiger partial charge is 0.290 e. The Morgan fingerprint density at radius 3 is 2.72 bits per heavy atom. The molecule has 4 aromatic rings. The van der Waals surface area contributed by atoms with Crippen molar-refractivity contribution in [1.82, 2.24) is 25.3 Å². The van der Waals surface area contributed by atoms with E-state index in [1.54, 1.807) is 12.3 Å². The summed E-state index contributed by atoms with van der Waals surface area (Å²) in [4.78, 5) is 23.5. The third kappa shape index (κ3) is 4.53. The van der Waals surface area contributed by atoms with Gasteiger partial charge in [0.05, 0.1) is 23.4 Å². The average Bonchev–Trinajstić information content (AvgIpc) is 3.34. The molecule has 0 atom stereocenters. The molecule has 1 aromatic carbocycles. The van der Waals surface area contributed by atoms with Gasteiger partial charge in [-0.15, -0.1) is 0 Å². The molecule has 1 N–H and O–H groups in total. The molecule has 4 heterocycles. The summed E-state index contributed by atoms with van der Waals surface area (Å²) in [5.41, 5.74) is 4.01. The summed E-state index contributed by atoms with van der Waals surface area (Å²) < 4.78 is 5.34. The fourth-order valence-corrected chi connectivity index (χ4v) is 4.27. The summed E-state index contributed by atoms with van der Waals surface area (Å²) in [6.45, 7) is 3.23. The molecule has 5 rings (SSSR count). The summed E-state index contributed by atoms with van der Waals surface area (Å²) in [6, 6.07) is 17.8. The SMILES string of the molecule is O=C(NCc1ccccn1)c1cc(C2CCN(Cc3ccnc4ccccc34)CC2)no1. The molecular formula is C25H25N5O2. The first kappa shape index (κ1) is 20.3. The summed E-state index contributed by atoms with van der Waals surface area (Å²) in [7, 11) is 0. The molecule has 3 aromatic heterocycles. The lowest BCUT2D eigenvalue weighted by Gasteiger charge is -2.31. The van der Waals surface area contributed by atoms with Crippen LogP contribution >= 0.6 is 0 Å². The highest BCUT2D eigenvalue weighted by Crippen LogP contribution is 2.29. The number of benzene rings is 1. The number of hydrogen-bond acceptors (Lipinski definition) is 6. The molecule has 7 heteroatoms. The van der Waals surface area contributed by atoms with E-state index in [1.807, 2.05) is 30.5 Å². The lowest BCUT2D eigenvalue weighted by molar-refractivity contribution is 0.0913. The van der Waals surface area contributed by atoms with Crippen molar-refractivity contribution in [2.24, 2.45) is 0 Å². The monoisotopic (exact) mass is 427 g/mol. The molecule has 0 radical (unpaired) electrons. The first-order chi connectivity index (χ1) is 15.8. The van der Waals surface area contributed by atoms with Gasteiger partial charge in [0.2, 0.25) is 5.76 Å². The molecule has 0 saturated carbocycles. The Morgan fingerprint density at radius 2 is 1.88 bits per heavy atom. The summed E-state index contributed by atoms with van der Waals surface area (Å²) in [5, 5.41) is 8.24. The summed E-state index contributed by atoms with van der Waals surface area (Å²) >= 11 is 0. The fraction of sp³-hybridized carbons (Fsp3) is 0.280. The van der Waals surface area contributed by atoms with Gasteiger partial charge in [-0.05, 0) is 55.8 Å². The van der Waals surface area contributed by atoms with Gasteiger partial charge in [-0.25, -0.2) is 0 Å². The number of carbonyl (C=O) groups excluding carboxylic acids is 1. The number of para-hydroxylation sites is 1. The Bertz CT molecular complexity index is 1190. The maximum atomic E-state index is 12.4. The Hall–Kier alpha value is -3.58. The van der Waals surface area contributed by atoms with Crippen molar-refractivity contribution in [3.63, 3.8) is 0 Å². The molecule has 0 aliphatic carbocycles. The van der Waals surface area contributed by atoms with E-state index in [4.69, 9.17) is 4.52 Å². The van der Waals surface area contributed by atoms with Crippen LogP contribution in [0.15, 0.2) is 71.5 Å². The Balaban J connectivity index is 1.16. The number of amides is 1. The molecule has 0 unspecified atom stereocenters. The zero-order valence-corrected chi connectivity index (χ0v) is 17.8. The summed E-state index contributed by atoms with van der Waals surface area (Å²) in [5.74, 6) is 0.291. The van der Waals surface area contributed by atoms with Crippen LogP contribution < -0.4 is 5.32 Å². The molecule has 162 valence electrons. The van der Waals surface area contributed by atoms with E-state index in [2.05, 4.69) is 49.6 Å². The standard InChI is InChI=1S/C25H25N5O2/c31-25(28-16-20-5-3-4-11-26-20)24-15-23(29-32-24)18-9-13-30(14-10-18)17-19-8-12-27-22-7-2-1-6-21(19)22/h1-8,11-12,15,18H,9-10,13-14,16-17H2,(H,28,31). The van der Waals surface area contributed by atoms with Crippen molar-refractivity contribution < 1.29 is 9.32 Å². The lowest BCUT2D eigenvalue weighted by atomic mass is 9.93. The van der Waals surface area contributed by atoms with Gasteiger partial charge in [0, 0.05) is 36.3 Å². The van der Waals surface area contributed by atoms with Crippen LogP contribution in [0, 0.1) is 0 Å². The van der Waals surface area contributed by atoms with Crippen LogP contribution in [0.4, 0.5) is 0 Å². The largest absolute Gasteiger partial charge is 0.351 e. The predicted octanol–water partition coefficient (Wildman–Crippen LogP) is 3.93. The zero-order valence-electron chi connectivity index (χ0n) is 17.8. The topological polar surface area (TPSA) is 84.2 Å². The van der Waals surface area contributed by atoms with Crippen molar-refractivity contribution >= 4 is 16.8 Å². The Kier molecular flexibility index (Phi) is 5.89. The van der Waals surface area contributed by atoms with Gasteiger partial charge in [-0.1, -0.05) is 29.4 Å². The maximum absolute atomic E-state index is 12.4. The normalized spacial score (nSPS) is 15.1. The number of nitrogens with one attached hydrogen (secondary N) is 1. The van der Waals surface area contributed by atoms with E-state index in [9.17, 15) is 4.79 Å². The first-order valence-electron chi connectivity index (χ1n) is 11.0. The minimum atomic E-state index is -0.267. The number of aromatic nitrogens is 3. The molecule has 1 aliphatic rings. The zero-order chi connectivity index (χ0) is 21.8. The second-order valence-corrected chi connectivity index (χ2v) is 8.16. The Labute approximate surface area is 186 Å². The third-order valence-electron chi connectivity index (χ3n) is 6.05. The number of likely N-dealkylation sites (tertiary alicyclic amines) is 1. The van der Waals surface area contributed by atoms with Crippen molar-refractivity contribution in [3.05, 3.63) is 89.7 Å². The van der Waals surface area contributed by atoms with E-state index < -0.39 is 0 Å². The van der Waals surface area contributed by atoms with Crippen LogP contribution in [0.25, 0.3) is 10.9 Å². The highest BCUT2D eigenvalue weighted by molar-refractivity contribution is 5.91. The van der Waals surface area contributed by atoms with E-state index >= 15 is 0 Å². The lowest BCUT2D eigenvalue weighted by Crippen LogP contribution is -2.32. The predicted molar refractivity (Wildman–Crippen MR) is 121 cm³/mol. The Morgan fingerprint density at radius 1 is 1.03 bits per heavy atom. The minimum Gasteiger partial charge on any atom is -0.351 e. The van der Waals surface area contributed by atoms with Gasteiger partial charge in [-0.3, -0.25) is 19.7 Å². The van der Waals surface area contributed by atoms with Crippen LogP contribution in [0.5, 0.6) is 0 Å². The molecular weight excluding hydrogens is 402 g/mol. The van der Waals surface area contributed by atoms with Crippen molar-refractivity contribution in [2.75, 3.05) is 13.1 Å². The second kappa shape index (κ2) is 9.28. The molecule has 32 heavy (non-hydrogen) atoms. The molecule has 1 amide bonds. The van der Waals surface area contributed by atoms with Crippen molar-refractivity contribution in [3.8, 4) is 0 Å². The van der Waals surface area contributed by atoms with E-state index in [1.165, 1.54) is 10.9 Å². The van der Waals surface area contributed by atoms with Gasteiger partial charge in [0.1, 0.15) is 0 Å². The highest BCUT2D eigenvalue weighted by Gasteiger charge is 2.25. The van der Waals surface area contributed by atoms with Gasteiger partial charge >= 0.3 is 0 Å². The fourth-order valence-electron chi connectivity index (χ4n) is 4.27. The van der Waals surface area contributed by atoms with Gasteiger partial charge < -0.3 is 9.84 Å². The number of piperidine rings is 1. The van der Waals surface area contributed by atoms with Crippen LogP contribution in [-0.2, 0) is 13.1 Å². The van der Waals surface area contributed by atoms with E-state index in [-0.39, 0.29) is 11.7 Å². The molecule has 7 nitrogen and oxygen atoms in total.